The van der Waals surface area contributed by atoms with E-state index in [2.05, 4.69) is 31.8 Å². The zero-order valence-electron chi connectivity index (χ0n) is 18.8. The van der Waals surface area contributed by atoms with E-state index in [1.807, 2.05) is 62.4 Å². The summed E-state index contributed by atoms with van der Waals surface area (Å²) in [7, 11) is 0. The quantitative estimate of drug-likeness (QED) is 0.273. The van der Waals surface area contributed by atoms with Gasteiger partial charge in [0.25, 0.3) is 11.8 Å². The van der Waals surface area contributed by atoms with Gasteiger partial charge in [-0.05, 0) is 75.4 Å². The minimum Gasteiger partial charge on any atom is -0.488 e. The van der Waals surface area contributed by atoms with Crippen molar-refractivity contribution in [3.63, 3.8) is 0 Å². The number of nitrogens with one attached hydrogen (secondary N) is 2. The second-order valence-corrected chi connectivity index (χ2v) is 9.19. The number of hydrazone groups is 1. The number of carbonyl (C=O) groups excluding carboxylic acids is 2. The fourth-order valence-electron chi connectivity index (χ4n) is 3.05. The number of rotatable bonds is 9. The summed E-state index contributed by atoms with van der Waals surface area (Å²) in [5, 5.41) is 7.50. The molecule has 0 aliphatic heterocycles. The monoisotopic (exact) mass is 541 g/mol. The first-order valence-electron chi connectivity index (χ1n) is 10.7. The zero-order valence-corrected chi connectivity index (χ0v) is 21.1. The molecule has 176 valence electrons. The van der Waals surface area contributed by atoms with E-state index in [0.29, 0.717) is 22.9 Å². The predicted molar refractivity (Wildman–Crippen MR) is 138 cm³/mol. The zero-order chi connectivity index (χ0) is 24.5. The maximum Gasteiger partial charge on any atom is 0.262 e. The molecule has 0 saturated heterocycles. The number of carbonyl (C=O) groups is 2. The number of ether oxygens (including phenoxy) is 1. The van der Waals surface area contributed by atoms with Crippen molar-refractivity contribution in [2.45, 2.75) is 26.5 Å². The van der Waals surface area contributed by atoms with Crippen LogP contribution in [-0.2, 0) is 11.4 Å². The molecule has 1 atom stereocenters. The summed E-state index contributed by atoms with van der Waals surface area (Å²) >= 11 is 9.41. The molecule has 3 aromatic rings. The summed E-state index contributed by atoms with van der Waals surface area (Å²) in [6, 6.07) is 21.0. The van der Waals surface area contributed by atoms with Gasteiger partial charge in [-0.2, -0.15) is 5.10 Å². The smallest absolute Gasteiger partial charge is 0.262 e. The molecule has 0 fully saturated rings. The first-order chi connectivity index (χ1) is 16.3. The van der Waals surface area contributed by atoms with Crippen molar-refractivity contribution in [3.8, 4) is 5.75 Å². The van der Waals surface area contributed by atoms with Crippen LogP contribution < -0.4 is 15.5 Å². The fourth-order valence-corrected chi connectivity index (χ4v) is 3.68. The summed E-state index contributed by atoms with van der Waals surface area (Å²) in [5.41, 5.74) is 4.77. The van der Waals surface area contributed by atoms with E-state index in [1.165, 1.54) is 6.21 Å². The average molecular weight is 543 g/mol. The molecule has 3 rings (SSSR count). The normalized spacial score (nSPS) is 11.9. The third-order valence-electron chi connectivity index (χ3n) is 4.92. The fraction of sp³-hybridized carbons (Fsp3) is 0.192. The highest BCUT2D eigenvalue weighted by Gasteiger charge is 2.24. The molecule has 0 aliphatic rings. The van der Waals surface area contributed by atoms with Crippen LogP contribution in [0.15, 0.2) is 82.4 Å². The van der Waals surface area contributed by atoms with Crippen molar-refractivity contribution in [2.24, 2.45) is 11.0 Å². The van der Waals surface area contributed by atoms with Crippen LogP contribution in [0.2, 0.25) is 5.02 Å². The van der Waals surface area contributed by atoms with E-state index >= 15 is 0 Å². The van der Waals surface area contributed by atoms with E-state index in [9.17, 15) is 9.59 Å². The van der Waals surface area contributed by atoms with Gasteiger partial charge in [-0.25, -0.2) is 5.43 Å². The van der Waals surface area contributed by atoms with Crippen molar-refractivity contribution in [1.82, 2.24) is 10.7 Å². The molecule has 0 aliphatic carbocycles. The van der Waals surface area contributed by atoms with Crippen LogP contribution in [0.3, 0.4) is 0 Å². The van der Waals surface area contributed by atoms with Gasteiger partial charge in [0.1, 0.15) is 18.4 Å². The molecule has 34 heavy (non-hydrogen) atoms. The van der Waals surface area contributed by atoms with Crippen molar-refractivity contribution in [2.75, 3.05) is 0 Å². The lowest BCUT2D eigenvalue weighted by atomic mass is 10.0. The molecule has 0 radical (unpaired) electrons. The van der Waals surface area contributed by atoms with E-state index in [0.717, 1.165) is 15.6 Å². The molecule has 0 aromatic heterocycles. The Balaban J connectivity index is 1.56. The van der Waals surface area contributed by atoms with Gasteiger partial charge >= 0.3 is 0 Å². The first-order valence-corrected chi connectivity index (χ1v) is 11.9. The highest BCUT2D eigenvalue weighted by molar-refractivity contribution is 9.10. The molecule has 2 amide bonds. The van der Waals surface area contributed by atoms with Crippen LogP contribution >= 0.6 is 27.5 Å². The van der Waals surface area contributed by atoms with Crippen LogP contribution in [0.5, 0.6) is 5.75 Å². The van der Waals surface area contributed by atoms with Gasteiger partial charge in [0.2, 0.25) is 0 Å². The summed E-state index contributed by atoms with van der Waals surface area (Å²) in [6.07, 6.45) is 1.53. The molecule has 0 heterocycles. The number of amides is 2. The lowest BCUT2D eigenvalue weighted by molar-refractivity contribution is -0.123. The maximum absolute atomic E-state index is 12.6. The van der Waals surface area contributed by atoms with E-state index in [-0.39, 0.29) is 11.8 Å². The third-order valence-corrected chi connectivity index (χ3v) is 5.80. The van der Waals surface area contributed by atoms with Gasteiger partial charge in [-0.1, -0.05) is 55.8 Å². The Morgan fingerprint density at radius 3 is 2.41 bits per heavy atom. The Labute approximate surface area is 212 Å². The Hall–Kier alpha value is -3.16. The van der Waals surface area contributed by atoms with Crippen molar-refractivity contribution in [3.05, 3.63) is 99.0 Å². The second-order valence-electron chi connectivity index (χ2n) is 7.90. The molecule has 0 bridgehead atoms. The molecular formula is C26H25BrClN3O3. The van der Waals surface area contributed by atoms with E-state index in [1.54, 1.807) is 24.3 Å². The lowest BCUT2D eigenvalue weighted by Crippen LogP contribution is -2.48. The summed E-state index contributed by atoms with van der Waals surface area (Å²) in [5.74, 6) is -0.136. The Morgan fingerprint density at radius 2 is 1.76 bits per heavy atom. The number of hydrogen-bond donors (Lipinski definition) is 2. The summed E-state index contributed by atoms with van der Waals surface area (Å²) in [6.45, 7) is 4.13. The molecular weight excluding hydrogens is 518 g/mol. The molecule has 2 N–H and O–H groups in total. The van der Waals surface area contributed by atoms with Crippen LogP contribution in [0, 0.1) is 5.92 Å². The van der Waals surface area contributed by atoms with Gasteiger partial charge in [0.05, 0.1) is 10.7 Å². The Bertz CT molecular complexity index is 1150. The summed E-state index contributed by atoms with van der Waals surface area (Å²) < 4.78 is 6.60. The Kier molecular flexibility index (Phi) is 9.24. The average Bonchev–Trinajstić information content (AvgIpc) is 2.83. The van der Waals surface area contributed by atoms with Gasteiger partial charge < -0.3 is 10.1 Å². The van der Waals surface area contributed by atoms with Gasteiger partial charge in [-0.15, -0.1) is 0 Å². The first kappa shape index (κ1) is 25.5. The van der Waals surface area contributed by atoms with E-state index < -0.39 is 11.9 Å². The van der Waals surface area contributed by atoms with Gasteiger partial charge in [0.15, 0.2) is 0 Å². The minimum atomic E-state index is -0.722. The van der Waals surface area contributed by atoms with Gasteiger partial charge in [-0.3, -0.25) is 9.59 Å². The molecule has 3 aromatic carbocycles. The van der Waals surface area contributed by atoms with Crippen LogP contribution in [0.1, 0.15) is 35.3 Å². The minimum absolute atomic E-state index is 0.117. The van der Waals surface area contributed by atoms with Gasteiger partial charge in [0, 0.05) is 10.6 Å². The predicted octanol–water partition coefficient (Wildman–Crippen LogP) is 5.59. The standard InChI is InChI=1S/C26H25BrClN3O3/c1-17(2)24(30-25(32)20-6-4-3-5-7-20)26(33)31-29-15-19-10-13-23(22(27)14-19)34-16-18-8-11-21(28)12-9-18/h3-15,17,24H,16H2,1-2H3,(H,30,32)(H,31,33). The highest BCUT2D eigenvalue weighted by Crippen LogP contribution is 2.26. The second kappa shape index (κ2) is 12.3. The lowest BCUT2D eigenvalue weighted by Gasteiger charge is -2.20. The molecule has 1 unspecified atom stereocenters. The van der Waals surface area contributed by atoms with Crippen molar-refractivity contribution >= 4 is 45.6 Å². The maximum atomic E-state index is 12.6. The van der Waals surface area contributed by atoms with Crippen LogP contribution in [0.4, 0.5) is 0 Å². The largest absolute Gasteiger partial charge is 0.488 e. The topological polar surface area (TPSA) is 79.8 Å². The molecule has 0 spiro atoms. The number of halogens is 2. The number of benzene rings is 3. The van der Waals surface area contributed by atoms with Crippen LogP contribution in [-0.4, -0.2) is 24.1 Å². The third kappa shape index (κ3) is 7.43. The molecule has 6 nitrogen and oxygen atoms in total. The van der Waals surface area contributed by atoms with E-state index in [4.69, 9.17) is 16.3 Å². The van der Waals surface area contributed by atoms with Crippen molar-refractivity contribution < 1.29 is 14.3 Å². The van der Waals surface area contributed by atoms with Crippen molar-refractivity contribution in [1.29, 1.82) is 0 Å². The molecule has 8 heteroatoms. The number of hydrogen-bond acceptors (Lipinski definition) is 4. The van der Waals surface area contributed by atoms with Crippen LogP contribution in [0.25, 0.3) is 0 Å². The number of nitrogens with zero attached hydrogens (tertiary/aromatic N) is 1. The highest BCUT2D eigenvalue weighted by atomic mass is 79.9. The Morgan fingerprint density at radius 1 is 1.06 bits per heavy atom. The summed E-state index contributed by atoms with van der Waals surface area (Å²) in [4.78, 5) is 25.1. The SMILES string of the molecule is CC(C)C(NC(=O)c1ccccc1)C(=O)NN=Cc1ccc(OCc2ccc(Cl)cc2)c(Br)c1. The molecule has 0 saturated carbocycles.